The predicted octanol–water partition coefficient (Wildman–Crippen LogP) is 1.08. The lowest BCUT2D eigenvalue weighted by Crippen LogP contribution is -2.48. The van der Waals surface area contributed by atoms with Crippen LogP contribution in [0.1, 0.15) is 25.7 Å². The van der Waals surface area contributed by atoms with Crippen molar-refractivity contribution in [2.24, 2.45) is 0 Å². The first-order valence-corrected chi connectivity index (χ1v) is 7.19. The quantitative estimate of drug-likeness (QED) is 0.826. The van der Waals surface area contributed by atoms with E-state index in [0.29, 0.717) is 30.2 Å². The number of hydrogen-bond donors (Lipinski definition) is 0. The second kappa shape index (κ2) is 5.64. The van der Waals surface area contributed by atoms with Gasteiger partial charge in [0.25, 0.3) is 0 Å². The molecule has 6 nitrogen and oxygen atoms in total. The van der Waals surface area contributed by atoms with Gasteiger partial charge >= 0.3 is 0 Å². The summed E-state index contributed by atoms with van der Waals surface area (Å²) in [6.45, 7) is 2.65. The van der Waals surface area contributed by atoms with Crippen LogP contribution in [0.5, 0.6) is 5.88 Å². The zero-order valence-electron chi connectivity index (χ0n) is 11.8. The third kappa shape index (κ3) is 2.55. The van der Waals surface area contributed by atoms with Crippen LogP contribution < -0.4 is 9.64 Å². The van der Waals surface area contributed by atoms with E-state index in [1.807, 2.05) is 4.90 Å². The zero-order chi connectivity index (χ0) is 13.9. The molecular formula is C14H20N4O2. The Bertz CT molecular complexity index is 494. The molecule has 0 N–H and O–H groups in total. The van der Waals surface area contributed by atoms with Gasteiger partial charge in [0.05, 0.1) is 7.11 Å². The smallest absolute Gasteiger partial charge is 0.228 e. The van der Waals surface area contributed by atoms with E-state index in [2.05, 4.69) is 14.9 Å². The van der Waals surface area contributed by atoms with Gasteiger partial charge < -0.3 is 14.5 Å². The molecule has 1 atom stereocenters. The molecule has 3 heterocycles. The number of methoxy groups -OCH3 is 1. The molecule has 108 valence electrons. The van der Waals surface area contributed by atoms with Gasteiger partial charge in [-0.3, -0.25) is 4.79 Å². The van der Waals surface area contributed by atoms with Crippen molar-refractivity contribution >= 4 is 11.9 Å². The molecule has 20 heavy (non-hydrogen) atoms. The summed E-state index contributed by atoms with van der Waals surface area (Å²) in [5.41, 5.74) is 0. The van der Waals surface area contributed by atoms with E-state index >= 15 is 0 Å². The van der Waals surface area contributed by atoms with Gasteiger partial charge in [-0.1, -0.05) is 0 Å². The fraction of sp³-hybridized carbons (Fsp3) is 0.643. The van der Waals surface area contributed by atoms with Gasteiger partial charge in [-0.25, -0.2) is 4.98 Å². The molecule has 6 heteroatoms. The molecule has 0 aliphatic carbocycles. The molecule has 3 rings (SSSR count). The number of amides is 1. The molecule has 0 bridgehead atoms. The van der Waals surface area contributed by atoms with E-state index in [4.69, 9.17) is 4.74 Å². The molecule has 0 radical (unpaired) electrons. The van der Waals surface area contributed by atoms with Crippen LogP contribution >= 0.6 is 0 Å². The minimum absolute atomic E-state index is 0.295. The fourth-order valence-electron chi connectivity index (χ4n) is 3.04. The normalized spacial score (nSPS) is 23.2. The number of ether oxygens (including phenoxy) is 1. The van der Waals surface area contributed by atoms with Gasteiger partial charge in [0.1, 0.15) is 0 Å². The first-order chi connectivity index (χ1) is 9.78. The molecule has 2 aliphatic rings. The lowest BCUT2D eigenvalue weighted by molar-refractivity contribution is -0.129. The van der Waals surface area contributed by atoms with Crippen LogP contribution in [0.25, 0.3) is 0 Å². The number of piperidine rings is 1. The van der Waals surface area contributed by atoms with Gasteiger partial charge in [0.15, 0.2) is 0 Å². The van der Waals surface area contributed by atoms with Crippen LogP contribution in [0, 0.1) is 0 Å². The lowest BCUT2D eigenvalue weighted by Gasteiger charge is -2.37. The van der Waals surface area contributed by atoms with Gasteiger partial charge in [0.2, 0.25) is 17.7 Å². The number of rotatable bonds is 3. The number of likely N-dealkylation sites (tertiary alicyclic amines) is 1. The summed E-state index contributed by atoms with van der Waals surface area (Å²) in [5.74, 6) is 1.57. The van der Waals surface area contributed by atoms with Crippen molar-refractivity contribution in [3.63, 3.8) is 0 Å². The second-order valence-corrected chi connectivity index (χ2v) is 5.33. The Morgan fingerprint density at radius 2 is 2.25 bits per heavy atom. The second-order valence-electron chi connectivity index (χ2n) is 5.33. The summed E-state index contributed by atoms with van der Waals surface area (Å²) in [4.78, 5) is 24.8. The minimum Gasteiger partial charge on any atom is -0.481 e. The molecule has 0 aromatic carbocycles. The maximum absolute atomic E-state index is 11.9. The third-order valence-electron chi connectivity index (χ3n) is 4.06. The Kier molecular flexibility index (Phi) is 3.71. The van der Waals surface area contributed by atoms with Crippen molar-refractivity contribution in [2.45, 2.75) is 31.7 Å². The number of anilines is 1. The van der Waals surface area contributed by atoms with Gasteiger partial charge in [-0.15, -0.1) is 0 Å². The molecule has 0 spiro atoms. The first-order valence-electron chi connectivity index (χ1n) is 7.19. The molecule has 0 unspecified atom stereocenters. The fourth-order valence-corrected chi connectivity index (χ4v) is 3.04. The standard InChI is InChI=1S/C14H20N4O2/c1-20-12-6-7-15-14(16-12)17-8-2-4-11(10-17)18-9-3-5-13(18)19/h6-7,11H,2-5,8-10H2,1H3/t11-/m0/s1. The molecule has 2 fully saturated rings. The average Bonchev–Trinajstić information content (AvgIpc) is 2.94. The van der Waals surface area contributed by atoms with Crippen molar-refractivity contribution in [1.82, 2.24) is 14.9 Å². The van der Waals surface area contributed by atoms with Gasteiger partial charge in [0, 0.05) is 44.4 Å². The monoisotopic (exact) mass is 276 g/mol. The van der Waals surface area contributed by atoms with Crippen LogP contribution in [0.2, 0.25) is 0 Å². The molecular weight excluding hydrogens is 256 g/mol. The highest BCUT2D eigenvalue weighted by molar-refractivity contribution is 5.78. The summed E-state index contributed by atoms with van der Waals surface area (Å²) in [6, 6.07) is 2.04. The topological polar surface area (TPSA) is 58.6 Å². The summed E-state index contributed by atoms with van der Waals surface area (Å²) in [7, 11) is 1.61. The molecule has 1 amide bonds. The largest absolute Gasteiger partial charge is 0.481 e. The summed E-state index contributed by atoms with van der Waals surface area (Å²) in [5, 5.41) is 0. The van der Waals surface area contributed by atoms with E-state index < -0.39 is 0 Å². The van der Waals surface area contributed by atoms with E-state index in [-0.39, 0.29) is 0 Å². The van der Waals surface area contributed by atoms with Crippen molar-refractivity contribution in [2.75, 3.05) is 31.6 Å². The van der Waals surface area contributed by atoms with Crippen molar-refractivity contribution in [1.29, 1.82) is 0 Å². The highest BCUT2D eigenvalue weighted by Gasteiger charge is 2.32. The maximum Gasteiger partial charge on any atom is 0.228 e. The molecule has 0 saturated carbocycles. The third-order valence-corrected chi connectivity index (χ3v) is 4.06. The van der Waals surface area contributed by atoms with Crippen molar-refractivity contribution in [3.8, 4) is 5.88 Å². The Morgan fingerprint density at radius 3 is 3.00 bits per heavy atom. The lowest BCUT2D eigenvalue weighted by atomic mass is 10.0. The molecule has 2 aliphatic heterocycles. The number of nitrogens with zero attached hydrogens (tertiary/aromatic N) is 4. The summed E-state index contributed by atoms with van der Waals surface area (Å²) in [6.07, 6.45) is 5.55. The van der Waals surface area contributed by atoms with Gasteiger partial charge in [-0.2, -0.15) is 4.98 Å². The van der Waals surface area contributed by atoms with E-state index in [1.54, 1.807) is 19.4 Å². The van der Waals surface area contributed by atoms with Crippen molar-refractivity contribution < 1.29 is 9.53 Å². The Morgan fingerprint density at radius 1 is 1.35 bits per heavy atom. The Hall–Kier alpha value is -1.85. The highest BCUT2D eigenvalue weighted by Crippen LogP contribution is 2.24. The van der Waals surface area contributed by atoms with Crippen LogP contribution in [-0.2, 0) is 4.79 Å². The number of aromatic nitrogens is 2. The van der Waals surface area contributed by atoms with Crippen LogP contribution in [-0.4, -0.2) is 53.6 Å². The van der Waals surface area contributed by atoms with Crippen LogP contribution in [0.15, 0.2) is 12.3 Å². The van der Waals surface area contributed by atoms with Crippen molar-refractivity contribution in [3.05, 3.63) is 12.3 Å². The molecule has 1 aromatic rings. The van der Waals surface area contributed by atoms with Crippen LogP contribution in [0.3, 0.4) is 0 Å². The minimum atomic E-state index is 0.295. The number of carbonyl (C=O) groups excluding carboxylic acids is 1. The van der Waals surface area contributed by atoms with E-state index in [1.165, 1.54) is 0 Å². The molecule has 2 saturated heterocycles. The molecule has 1 aromatic heterocycles. The first kappa shape index (κ1) is 13.1. The average molecular weight is 276 g/mol. The van der Waals surface area contributed by atoms with E-state index in [0.717, 1.165) is 38.9 Å². The van der Waals surface area contributed by atoms with Gasteiger partial charge in [-0.05, 0) is 19.3 Å². The SMILES string of the molecule is COc1ccnc(N2CCC[C@H](N3CCCC3=O)C2)n1. The van der Waals surface area contributed by atoms with Crippen LogP contribution in [0.4, 0.5) is 5.95 Å². The van der Waals surface area contributed by atoms with E-state index in [9.17, 15) is 4.79 Å². The predicted molar refractivity (Wildman–Crippen MR) is 74.8 cm³/mol. The Labute approximate surface area is 118 Å². The zero-order valence-corrected chi connectivity index (χ0v) is 11.8. The number of carbonyl (C=O) groups is 1. The summed E-state index contributed by atoms with van der Waals surface area (Å²) < 4.78 is 5.15. The highest BCUT2D eigenvalue weighted by atomic mass is 16.5. The summed E-state index contributed by atoms with van der Waals surface area (Å²) >= 11 is 0. The Balaban J connectivity index is 1.72. The number of hydrogen-bond acceptors (Lipinski definition) is 5. The maximum atomic E-state index is 11.9.